The first-order valence-corrected chi connectivity index (χ1v) is 4.93. The van der Waals surface area contributed by atoms with Crippen molar-refractivity contribution in [2.75, 3.05) is 0 Å². The lowest BCUT2D eigenvalue weighted by atomic mass is 10.3. The molecule has 0 fully saturated rings. The molecule has 0 spiro atoms. The third-order valence-electron chi connectivity index (χ3n) is 2.20. The maximum Gasteiger partial charge on any atom is 0.146 e. The summed E-state index contributed by atoms with van der Waals surface area (Å²) in [6.45, 7) is 1.27. The normalized spacial score (nSPS) is 10.6. The van der Waals surface area contributed by atoms with Crippen LogP contribution in [0.4, 0.5) is 0 Å². The summed E-state index contributed by atoms with van der Waals surface area (Å²) in [5.41, 5.74) is 0.875. The van der Waals surface area contributed by atoms with Gasteiger partial charge in [0.2, 0.25) is 0 Å². The second-order valence-electron chi connectivity index (χ2n) is 3.47. The predicted molar refractivity (Wildman–Crippen MR) is 57.4 cm³/mol. The van der Waals surface area contributed by atoms with Crippen LogP contribution in [-0.4, -0.2) is 24.9 Å². The second kappa shape index (κ2) is 4.71. The fourth-order valence-electron chi connectivity index (χ4n) is 1.29. The summed E-state index contributed by atoms with van der Waals surface area (Å²) < 4.78 is 1.86. The Bertz CT molecular complexity index is 450. The number of rotatable bonds is 4. The molecular formula is C10H13N5O. The Hall–Kier alpha value is -1.95. The number of hydrogen-bond donors (Lipinski definition) is 2. The number of aromatic nitrogens is 4. The van der Waals surface area contributed by atoms with Gasteiger partial charge in [0.05, 0.1) is 18.4 Å². The molecule has 2 N–H and O–H groups in total. The van der Waals surface area contributed by atoms with Crippen LogP contribution >= 0.6 is 0 Å². The Labute approximate surface area is 93.0 Å². The Morgan fingerprint density at radius 2 is 2.25 bits per heavy atom. The van der Waals surface area contributed by atoms with Crippen molar-refractivity contribution in [1.82, 2.24) is 25.1 Å². The van der Waals surface area contributed by atoms with Crippen molar-refractivity contribution in [2.24, 2.45) is 7.05 Å². The van der Waals surface area contributed by atoms with Gasteiger partial charge in [0.25, 0.3) is 0 Å². The first kappa shape index (κ1) is 10.6. The molecule has 0 unspecified atom stereocenters. The molecule has 0 saturated heterocycles. The summed E-state index contributed by atoms with van der Waals surface area (Å²) in [6.07, 6.45) is 3.09. The number of aromatic hydroxyl groups is 1. The van der Waals surface area contributed by atoms with Crippen molar-refractivity contribution < 1.29 is 5.11 Å². The van der Waals surface area contributed by atoms with E-state index in [1.807, 2.05) is 11.6 Å². The highest BCUT2D eigenvalue weighted by Gasteiger charge is 2.00. The molecule has 2 heterocycles. The predicted octanol–water partition coefficient (Wildman–Crippen LogP) is 0.205. The van der Waals surface area contributed by atoms with Crippen LogP contribution in [0.5, 0.6) is 5.75 Å². The lowest BCUT2D eigenvalue weighted by Crippen LogP contribution is -2.16. The molecular weight excluding hydrogens is 206 g/mol. The van der Waals surface area contributed by atoms with E-state index in [9.17, 15) is 0 Å². The molecule has 2 rings (SSSR count). The topological polar surface area (TPSA) is 75.9 Å². The number of nitrogens with zero attached hydrogens (tertiary/aromatic N) is 4. The molecule has 0 amide bonds. The Balaban J connectivity index is 1.84. The molecule has 84 valence electrons. The molecule has 0 aliphatic rings. The molecule has 0 aromatic carbocycles. The highest BCUT2D eigenvalue weighted by Crippen LogP contribution is 2.05. The molecule has 0 saturated carbocycles. The molecule has 0 bridgehead atoms. The fourth-order valence-corrected chi connectivity index (χ4v) is 1.29. The second-order valence-corrected chi connectivity index (χ2v) is 3.47. The average Bonchev–Trinajstić information content (AvgIpc) is 2.68. The maximum atomic E-state index is 9.06. The molecule has 0 radical (unpaired) electrons. The van der Waals surface area contributed by atoms with Crippen molar-refractivity contribution in [3.63, 3.8) is 0 Å². The summed E-state index contributed by atoms with van der Waals surface area (Å²) in [5.74, 6) is 1.05. The maximum absolute atomic E-state index is 9.06. The van der Waals surface area contributed by atoms with E-state index in [1.165, 1.54) is 6.20 Å². The molecule has 0 aliphatic heterocycles. The Morgan fingerprint density at radius 1 is 1.38 bits per heavy atom. The number of hydrogen-bond acceptors (Lipinski definition) is 5. The molecule has 0 aliphatic carbocycles. The number of pyridine rings is 1. The zero-order valence-electron chi connectivity index (χ0n) is 8.96. The molecule has 6 nitrogen and oxygen atoms in total. The van der Waals surface area contributed by atoms with Crippen molar-refractivity contribution in [1.29, 1.82) is 0 Å². The van der Waals surface area contributed by atoms with Gasteiger partial charge in [0.15, 0.2) is 0 Å². The molecule has 16 heavy (non-hydrogen) atoms. The number of aryl methyl sites for hydroxylation is 1. The quantitative estimate of drug-likeness (QED) is 0.768. The van der Waals surface area contributed by atoms with Crippen LogP contribution < -0.4 is 5.32 Å². The fraction of sp³-hybridized carbons (Fsp3) is 0.300. The van der Waals surface area contributed by atoms with Gasteiger partial charge in [0.1, 0.15) is 17.9 Å². The molecule has 2 aromatic heterocycles. The molecule has 6 heteroatoms. The summed E-state index contributed by atoms with van der Waals surface area (Å²) >= 11 is 0. The van der Waals surface area contributed by atoms with E-state index in [0.717, 1.165) is 11.5 Å². The van der Waals surface area contributed by atoms with Crippen molar-refractivity contribution in [2.45, 2.75) is 13.1 Å². The third kappa shape index (κ3) is 2.54. The number of nitrogens with one attached hydrogen (secondary N) is 1. The van der Waals surface area contributed by atoms with Crippen molar-refractivity contribution in [3.05, 3.63) is 36.2 Å². The monoisotopic (exact) mass is 219 g/mol. The van der Waals surface area contributed by atoms with Crippen LogP contribution in [0.2, 0.25) is 0 Å². The van der Waals surface area contributed by atoms with Gasteiger partial charge in [0, 0.05) is 13.6 Å². The SMILES string of the molecule is Cn1cnnc1CNCc1ccc(O)cn1. The summed E-state index contributed by atoms with van der Waals surface area (Å²) in [7, 11) is 1.90. The smallest absolute Gasteiger partial charge is 0.146 e. The lowest BCUT2D eigenvalue weighted by molar-refractivity contribution is 0.471. The Morgan fingerprint density at radius 3 is 2.88 bits per heavy atom. The van der Waals surface area contributed by atoms with Gasteiger partial charge in [-0.05, 0) is 12.1 Å². The zero-order valence-corrected chi connectivity index (χ0v) is 8.96. The largest absolute Gasteiger partial charge is 0.506 e. The van der Waals surface area contributed by atoms with E-state index in [-0.39, 0.29) is 5.75 Å². The van der Waals surface area contributed by atoms with Gasteiger partial charge >= 0.3 is 0 Å². The zero-order chi connectivity index (χ0) is 11.4. The average molecular weight is 219 g/mol. The minimum atomic E-state index is 0.178. The van der Waals surface area contributed by atoms with Crippen LogP contribution in [-0.2, 0) is 20.1 Å². The highest BCUT2D eigenvalue weighted by molar-refractivity contribution is 5.17. The third-order valence-corrected chi connectivity index (χ3v) is 2.20. The van der Waals surface area contributed by atoms with Crippen LogP contribution in [0.25, 0.3) is 0 Å². The van der Waals surface area contributed by atoms with Gasteiger partial charge in [-0.1, -0.05) is 0 Å². The lowest BCUT2D eigenvalue weighted by Gasteiger charge is -2.03. The van der Waals surface area contributed by atoms with E-state index < -0.39 is 0 Å². The van der Waals surface area contributed by atoms with Crippen LogP contribution in [0, 0.1) is 0 Å². The van der Waals surface area contributed by atoms with Crippen molar-refractivity contribution in [3.8, 4) is 5.75 Å². The van der Waals surface area contributed by atoms with Crippen molar-refractivity contribution >= 4 is 0 Å². The van der Waals surface area contributed by atoms with Crippen LogP contribution in [0.1, 0.15) is 11.5 Å². The first-order valence-electron chi connectivity index (χ1n) is 4.93. The van der Waals surface area contributed by atoms with Gasteiger partial charge < -0.3 is 15.0 Å². The molecule has 2 aromatic rings. The van der Waals surface area contributed by atoms with E-state index in [0.29, 0.717) is 13.1 Å². The van der Waals surface area contributed by atoms with Gasteiger partial charge in [-0.15, -0.1) is 10.2 Å². The van der Waals surface area contributed by atoms with Crippen LogP contribution in [0.15, 0.2) is 24.7 Å². The van der Waals surface area contributed by atoms with E-state index in [2.05, 4.69) is 20.5 Å². The Kier molecular flexibility index (Phi) is 3.11. The van der Waals surface area contributed by atoms with E-state index >= 15 is 0 Å². The van der Waals surface area contributed by atoms with E-state index in [1.54, 1.807) is 18.5 Å². The standard InChI is InChI=1S/C10H13N5O/c1-15-7-13-14-10(15)6-11-4-8-2-3-9(16)5-12-8/h2-3,5,7,11,16H,4,6H2,1H3. The van der Waals surface area contributed by atoms with Gasteiger partial charge in [-0.25, -0.2) is 0 Å². The van der Waals surface area contributed by atoms with Gasteiger partial charge in [-0.3, -0.25) is 4.98 Å². The molecule has 0 atom stereocenters. The van der Waals surface area contributed by atoms with Gasteiger partial charge in [-0.2, -0.15) is 0 Å². The van der Waals surface area contributed by atoms with Crippen LogP contribution in [0.3, 0.4) is 0 Å². The minimum Gasteiger partial charge on any atom is -0.506 e. The summed E-state index contributed by atoms with van der Waals surface area (Å²) in [5, 5.41) is 20.0. The summed E-state index contributed by atoms with van der Waals surface area (Å²) in [4.78, 5) is 4.06. The minimum absolute atomic E-state index is 0.178. The first-order chi connectivity index (χ1) is 7.75. The highest BCUT2D eigenvalue weighted by atomic mass is 16.3. The summed E-state index contributed by atoms with van der Waals surface area (Å²) in [6, 6.07) is 3.39. The van der Waals surface area contributed by atoms with E-state index in [4.69, 9.17) is 5.11 Å².